The number of amides is 2. The predicted octanol–water partition coefficient (Wildman–Crippen LogP) is 2.45. The van der Waals surface area contributed by atoms with E-state index < -0.39 is 24.4 Å². The summed E-state index contributed by atoms with van der Waals surface area (Å²) in [7, 11) is 0. The summed E-state index contributed by atoms with van der Waals surface area (Å²) in [5.41, 5.74) is 2.59. The number of aromatic nitrogens is 2. The highest BCUT2D eigenvalue weighted by Crippen LogP contribution is 2.40. The van der Waals surface area contributed by atoms with Gasteiger partial charge >= 0.3 is 5.97 Å². The summed E-state index contributed by atoms with van der Waals surface area (Å²) in [5, 5.41) is 6.56. The molecule has 1 aliphatic carbocycles. The molecule has 1 aliphatic rings. The van der Waals surface area contributed by atoms with Crippen LogP contribution >= 0.6 is 0 Å². The second-order valence-electron chi connectivity index (χ2n) is 7.03. The number of hydrogen-bond acceptors (Lipinski definition) is 7. The molecule has 29 heavy (non-hydrogen) atoms. The number of imide groups is 1. The summed E-state index contributed by atoms with van der Waals surface area (Å²) in [4.78, 5) is 41.0. The summed E-state index contributed by atoms with van der Waals surface area (Å²) in [6, 6.07) is 10.7. The molecular weight excluding hydrogens is 374 g/mol. The van der Waals surface area contributed by atoms with E-state index >= 15 is 0 Å². The van der Waals surface area contributed by atoms with Gasteiger partial charge in [0.2, 0.25) is 5.91 Å². The number of ether oxygens (including phenoxy) is 1. The fourth-order valence-electron chi connectivity index (χ4n) is 3.09. The zero-order chi connectivity index (χ0) is 20.4. The van der Waals surface area contributed by atoms with Gasteiger partial charge in [0.05, 0.1) is 23.1 Å². The quantitative estimate of drug-likeness (QED) is 0.640. The van der Waals surface area contributed by atoms with E-state index in [0.29, 0.717) is 17.0 Å². The molecule has 2 heterocycles. The van der Waals surface area contributed by atoms with Crippen LogP contribution in [-0.2, 0) is 20.7 Å². The van der Waals surface area contributed by atoms with Gasteiger partial charge in [0.1, 0.15) is 0 Å². The van der Waals surface area contributed by atoms with Crippen LogP contribution in [0.2, 0.25) is 0 Å². The topological polar surface area (TPSA) is 111 Å². The largest absolute Gasteiger partial charge is 0.452 e. The van der Waals surface area contributed by atoms with Crippen LogP contribution in [0.5, 0.6) is 0 Å². The minimum absolute atomic E-state index is 0.0656. The van der Waals surface area contributed by atoms with Crippen molar-refractivity contribution in [1.82, 2.24) is 15.5 Å². The van der Waals surface area contributed by atoms with Crippen molar-refractivity contribution in [2.45, 2.75) is 32.1 Å². The zero-order valence-corrected chi connectivity index (χ0v) is 15.8. The zero-order valence-electron chi connectivity index (χ0n) is 15.8. The maximum atomic E-state index is 12.6. The number of carbonyl (C=O) groups is 3. The van der Waals surface area contributed by atoms with E-state index in [1.165, 1.54) is 0 Å². The average molecular weight is 393 g/mol. The van der Waals surface area contributed by atoms with Crippen molar-refractivity contribution >= 4 is 28.9 Å². The van der Waals surface area contributed by atoms with E-state index in [0.717, 1.165) is 24.1 Å². The van der Waals surface area contributed by atoms with Gasteiger partial charge in [-0.15, -0.1) is 0 Å². The maximum absolute atomic E-state index is 12.6. The van der Waals surface area contributed by atoms with Gasteiger partial charge in [-0.2, -0.15) is 0 Å². The van der Waals surface area contributed by atoms with Gasteiger partial charge in [0.25, 0.3) is 11.6 Å². The molecule has 1 fully saturated rings. The third-order valence-corrected chi connectivity index (χ3v) is 4.67. The Kier molecular flexibility index (Phi) is 5.07. The Morgan fingerprint density at radius 3 is 2.66 bits per heavy atom. The van der Waals surface area contributed by atoms with Crippen molar-refractivity contribution in [3.05, 3.63) is 58.9 Å². The fourth-order valence-corrected chi connectivity index (χ4v) is 3.09. The fraction of sp³-hybridized carbons (Fsp3) is 0.286. The van der Waals surface area contributed by atoms with Crippen molar-refractivity contribution in [3.8, 4) is 0 Å². The molecule has 0 saturated heterocycles. The lowest BCUT2D eigenvalue weighted by Crippen LogP contribution is -2.35. The van der Waals surface area contributed by atoms with Crippen molar-refractivity contribution < 1.29 is 23.6 Å². The summed E-state index contributed by atoms with van der Waals surface area (Å²) < 4.78 is 10.3. The molecule has 1 aromatic carbocycles. The molecule has 3 aromatic rings. The first kappa shape index (κ1) is 18.8. The van der Waals surface area contributed by atoms with E-state index in [2.05, 4.69) is 15.5 Å². The third kappa shape index (κ3) is 4.31. The van der Waals surface area contributed by atoms with Crippen LogP contribution in [0.15, 0.2) is 40.9 Å². The second-order valence-corrected chi connectivity index (χ2v) is 7.03. The van der Waals surface area contributed by atoms with Gasteiger partial charge in [-0.25, -0.2) is 9.78 Å². The number of fused-ring (bicyclic) bond motifs is 1. The van der Waals surface area contributed by atoms with Crippen LogP contribution in [0.25, 0.3) is 11.1 Å². The molecule has 0 atom stereocenters. The summed E-state index contributed by atoms with van der Waals surface area (Å²) in [6.07, 6.45) is 2.08. The first-order chi connectivity index (χ1) is 14.0. The maximum Gasteiger partial charge on any atom is 0.339 e. The summed E-state index contributed by atoms with van der Waals surface area (Å²) in [5.74, 6) is -1.53. The van der Waals surface area contributed by atoms with E-state index in [4.69, 9.17) is 9.26 Å². The second kappa shape index (κ2) is 7.83. The van der Waals surface area contributed by atoms with Crippen molar-refractivity contribution in [2.75, 3.05) is 6.61 Å². The number of pyridine rings is 1. The minimum atomic E-state index is -0.686. The van der Waals surface area contributed by atoms with E-state index in [9.17, 15) is 14.4 Å². The number of nitrogens with zero attached hydrogens (tertiary/aromatic N) is 2. The smallest absolute Gasteiger partial charge is 0.339 e. The summed E-state index contributed by atoms with van der Waals surface area (Å²) in [6.45, 7) is 1.14. The van der Waals surface area contributed by atoms with Crippen LogP contribution in [-0.4, -0.2) is 34.5 Å². The molecule has 0 aliphatic heterocycles. The molecule has 0 spiro atoms. The number of aryl methyl sites for hydroxylation is 1. The Morgan fingerprint density at radius 2 is 1.93 bits per heavy atom. The first-order valence-electron chi connectivity index (χ1n) is 9.32. The molecule has 0 unspecified atom stereocenters. The molecule has 0 radical (unpaired) electrons. The highest BCUT2D eigenvalue weighted by Gasteiger charge is 2.29. The van der Waals surface area contributed by atoms with Crippen molar-refractivity contribution in [1.29, 1.82) is 0 Å². The molecule has 4 rings (SSSR count). The predicted molar refractivity (Wildman–Crippen MR) is 102 cm³/mol. The Balaban J connectivity index is 1.40. The van der Waals surface area contributed by atoms with Crippen molar-refractivity contribution in [3.63, 3.8) is 0 Å². The van der Waals surface area contributed by atoms with Crippen LogP contribution < -0.4 is 5.32 Å². The van der Waals surface area contributed by atoms with Crippen molar-refractivity contribution in [2.24, 2.45) is 0 Å². The lowest BCUT2D eigenvalue weighted by molar-refractivity contribution is -0.132. The Hall–Kier alpha value is -3.55. The van der Waals surface area contributed by atoms with Gasteiger partial charge in [0, 0.05) is 11.6 Å². The van der Waals surface area contributed by atoms with E-state index in [-0.39, 0.29) is 17.7 Å². The van der Waals surface area contributed by atoms with Gasteiger partial charge < -0.3 is 9.26 Å². The van der Waals surface area contributed by atoms with Gasteiger partial charge in [-0.3, -0.25) is 14.9 Å². The molecule has 8 nitrogen and oxygen atoms in total. The molecule has 8 heteroatoms. The number of carbonyl (C=O) groups excluding carboxylic acids is 3. The highest BCUT2D eigenvalue weighted by atomic mass is 16.5. The molecule has 148 valence electrons. The standard InChI is InChI=1S/C21H19N3O5/c1-12-19-15(10-16(14-7-8-14)22-20(19)29-24-12)21(27)28-11-18(26)23-17(25)9-13-5-3-2-4-6-13/h2-6,10,14H,7-9,11H2,1H3,(H,23,25,26). The molecule has 0 bridgehead atoms. The van der Waals surface area contributed by atoms with Crippen LogP contribution in [0.4, 0.5) is 0 Å². The first-order valence-corrected chi connectivity index (χ1v) is 9.32. The Bertz CT molecular complexity index is 1090. The monoisotopic (exact) mass is 393 g/mol. The minimum Gasteiger partial charge on any atom is -0.452 e. The van der Waals surface area contributed by atoms with Gasteiger partial charge in [0.15, 0.2) is 6.61 Å². The number of hydrogen-bond donors (Lipinski definition) is 1. The Labute approximate surface area is 166 Å². The normalized spacial score (nSPS) is 13.3. The molecule has 1 saturated carbocycles. The third-order valence-electron chi connectivity index (χ3n) is 4.67. The SMILES string of the molecule is Cc1noc2nc(C3CC3)cc(C(=O)OCC(=O)NC(=O)Cc3ccccc3)c12. The molecular formula is C21H19N3O5. The Morgan fingerprint density at radius 1 is 1.17 bits per heavy atom. The molecule has 1 N–H and O–H groups in total. The van der Waals surface area contributed by atoms with Crippen LogP contribution in [0, 0.1) is 6.92 Å². The van der Waals surface area contributed by atoms with Crippen LogP contribution in [0.3, 0.4) is 0 Å². The van der Waals surface area contributed by atoms with E-state index in [1.54, 1.807) is 25.1 Å². The van der Waals surface area contributed by atoms with Gasteiger partial charge in [-0.1, -0.05) is 35.5 Å². The number of nitrogens with one attached hydrogen (secondary N) is 1. The average Bonchev–Trinajstić information content (AvgIpc) is 3.49. The number of esters is 1. The highest BCUT2D eigenvalue weighted by molar-refractivity contribution is 6.04. The molecule has 2 amide bonds. The summed E-state index contributed by atoms with van der Waals surface area (Å²) >= 11 is 0. The van der Waals surface area contributed by atoms with Gasteiger partial charge in [-0.05, 0) is 31.4 Å². The lowest BCUT2D eigenvalue weighted by Gasteiger charge is -2.08. The number of benzene rings is 1. The van der Waals surface area contributed by atoms with Crippen LogP contribution in [0.1, 0.15) is 46.1 Å². The van der Waals surface area contributed by atoms with E-state index in [1.807, 2.05) is 18.2 Å². The number of rotatable bonds is 6. The molecule has 2 aromatic heterocycles. The lowest BCUT2D eigenvalue weighted by atomic mass is 10.1.